The molecule has 4 heteroatoms. The van der Waals surface area contributed by atoms with E-state index in [2.05, 4.69) is 14.8 Å². The van der Waals surface area contributed by atoms with Crippen molar-refractivity contribution in [2.24, 2.45) is 11.7 Å². The molecule has 1 aromatic rings. The standard InChI is InChI=1S/C10H16N4/c11-8-3-4-9-12-13-10(14(9)6-8)5-7-1-2-7/h7-8H,1-6,11H2. The van der Waals surface area contributed by atoms with Crippen LogP contribution in [-0.2, 0) is 19.4 Å². The fourth-order valence-corrected chi connectivity index (χ4v) is 2.14. The van der Waals surface area contributed by atoms with Crippen molar-refractivity contribution in [1.29, 1.82) is 0 Å². The Balaban J connectivity index is 1.85. The summed E-state index contributed by atoms with van der Waals surface area (Å²) < 4.78 is 2.24. The zero-order valence-corrected chi connectivity index (χ0v) is 8.32. The molecule has 14 heavy (non-hydrogen) atoms. The average Bonchev–Trinajstić information content (AvgIpc) is 2.90. The molecule has 1 aliphatic carbocycles. The molecule has 1 aromatic heterocycles. The summed E-state index contributed by atoms with van der Waals surface area (Å²) in [6.07, 6.45) is 5.91. The van der Waals surface area contributed by atoms with E-state index >= 15 is 0 Å². The lowest BCUT2D eigenvalue weighted by atomic mass is 10.1. The number of rotatable bonds is 2. The highest BCUT2D eigenvalue weighted by atomic mass is 15.3. The van der Waals surface area contributed by atoms with Gasteiger partial charge in [0.1, 0.15) is 11.6 Å². The van der Waals surface area contributed by atoms with E-state index in [0.717, 1.165) is 43.4 Å². The first-order chi connectivity index (χ1) is 6.83. The number of fused-ring (bicyclic) bond motifs is 1. The molecule has 0 amide bonds. The Bertz CT molecular complexity index is 340. The van der Waals surface area contributed by atoms with Gasteiger partial charge in [-0.05, 0) is 25.2 Å². The molecule has 2 heterocycles. The monoisotopic (exact) mass is 192 g/mol. The molecule has 1 aliphatic heterocycles. The number of nitrogens with zero attached hydrogens (tertiary/aromatic N) is 3. The molecule has 1 unspecified atom stereocenters. The van der Waals surface area contributed by atoms with Gasteiger partial charge in [0, 0.05) is 25.4 Å². The van der Waals surface area contributed by atoms with Crippen LogP contribution in [0.1, 0.15) is 30.9 Å². The van der Waals surface area contributed by atoms with Gasteiger partial charge in [0.15, 0.2) is 0 Å². The third kappa shape index (κ3) is 1.43. The van der Waals surface area contributed by atoms with Crippen molar-refractivity contribution in [3.8, 4) is 0 Å². The van der Waals surface area contributed by atoms with E-state index in [1.807, 2.05) is 0 Å². The third-order valence-electron chi connectivity index (χ3n) is 3.23. The van der Waals surface area contributed by atoms with Crippen molar-refractivity contribution in [1.82, 2.24) is 14.8 Å². The second kappa shape index (κ2) is 3.05. The second-order valence-electron chi connectivity index (χ2n) is 4.59. The minimum Gasteiger partial charge on any atom is -0.326 e. The summed E-state index contributed by atoms with van der Waals surface area (Å²) in [6.45, 7) is 0.921. The van der Waals surface area contributed by atoms with Gasteiger partial charge in [0.05, 0.1) is 0 Å². The Kier molecular flexibility index (Phi) is 1.83. The topological polar surface area (TPSA) is 56.7 Å². The first-order valence-electron chi connectivity index (χ1n) is 5.49. The van der Waals surface area contributed by atoms with Crippen LogP contribution in [0.4, 0.5) is 0 Å². The molecule has 2 aliphatic rings. The van der Waals surface area contributed by atoms with Crippen molar-refractivity contribution in [3.05, 3.63) is 11.6 Å². The summed E-state index contributed by atoms with van der Waals surface area (Å²) in [5.41, 5.74) is 5.95. The number of aryl methyl sites for hydroxylation is 1. The molecule has 1 saturated carbocycles. The smallest absolute Gasteiger partial charge is 0.133 e. The highest BCUT2D eigenvalue weighted by molar-refractivity contribution is 5.03. The van der Waals surface area contributed by atoms with E-state index in [4.69, 9.17) is 5.73 Å². The van der Waals surface area contributed by atoms with Crippen LogP contribution in [0.25, 0.3) is 0 Å². The van der Waals surface area contributed by atoms with Gasteiger partial charge in [-0.15, -0.1) is 10.2 Å². The average molecular weight is 192 g/mol. The molecule has 1 atom stereocenters. The molecule has 0 aromatic carbocycles. The quantitative estimate of drug-likeness (QED) is 0.742. The molecule has 0 spiro atoms. The largest absolute Gasteiger partial charge is 0.326 e. The predicted octanol–water partition coefficient (Wildman–Crippen LogP) is 0.504. The van der Waals surface area contributed by atoms with Gasteiger partial charge in [-0.2, -0.15) is 0 Å². The van der Waals surface area contributed by atoms with Crippen LogP contribution in [0.15, 0.2) is 0 Å². The maximum absolute atomic E-state index is 5.95. The lowest BCUT2D eigenvalue weighted by Crippen LogP contribution is -2.32. The number of aromatic nitrogens is 3. The Morgan fingerprint density at radius 3 is 2.93 bits per heavy atom. The van der Waals surface area contributed by atoms with Gasteiger partial charge in [-0.1, -0.05) is 0 Å². The Labute approximate surface area is 83.5 Å². The van der Waals surface area contributed by atoms with Crippen molar-refractivity contribution < 1.29 is 0 Å². The van der Waals surface area contributed by atoms with E-state index in [1.54, 1.807) is 0 Å². The maximum atomic E-state index is 5.95. The molecule has 76 valence electrons. The fraction of sp³-hybridized carbons (Fsp3) is 0.800. The maximum Gasteiger partial charge on any atom is 0.133 e. The molecule has 3 rings (SSSR count). The van der Waals surface area contributed by atoms with E-state index < -0.39 is 0 Å². The summed E-state index contributed by atoms with van der Waals surface area (Å²) in [5, 5.41) is 8.50. The molecule has 0 bridgehead atoms. The summed E-state index contributed by atoms with van der Waals surface area (Å²) in [6, 6.07) is 0.302. The fourth-order valence-electron chi connectivity index (χ4n) is 2.14. The van der Waals surface area contributed by atoms with Gasteiger partial charge >= 0.3 is 0 Å². The van der Waals surface area contributed by atoms with Crippen molar-refractivity contribution >= 4 is 0 Å². The van der Waals surface area contributed by atoms with Crippen LogP contribution >= 0.6 is 0 Å². The van der Waals surface area contributed by atoms with Crippen LogP contribution in [0.3, 0.4) is 0 Å². The van der Waals surface area contributed by atoms with Crippen LogP contribution < -0.4 is 5.73 Å². The third-order valence-corrected chi connectivity index (χ3v) is 3.23. The number of nitrogens with two attached hydrogens (primary N) is 1. The molecule has 2 N–H and O–H groups in total. The van der Waals surface area contributed by atoms with Crippen molar-refractivity contribution in [2.45, 2.75) is 44.7 Å². The van der Waals surface area contributed by atoms with Gasteiger partial charge in [0.25, 0.3) is 0 Å². The first kappa shape index (κ1) is 8.41. The lowest BCUT2D eigenvalue weighted by molar-refractivity contribution is 0.441. The molecule has 0 saturated heterocycles. The Morgan fingerprint density at radius 2 is 2.14 bits per heavy atom. The zero-order chi connectivity index (χ0) is 9.54. The highest BCUT2D eigenvalue weighted by Gasteiger charge is 2.27. The highest BCUT2D eigenvalue weighted by Crippen LogP contribution is 2.32. The Morgan fingerprint density at radius 1 is 1.29 bits per heavy atom. The Hall–Kier alpha value is -0.900. The summed E-state index contributed by atoms with van der Waals surface area (Å²) >= 11 is 0. The minimum absolute atomic E-state index is 0.302. The van der Waals surface area contributed by atoms with Crippen LogP contribution in [0, 0.1) is 5.92 Å². The van der Waals surface area contributed by atoms with Crippen LogP contribution in [0.5, 0.6) is 0 Å². The lowest BCUT2D eigenvalue weighted by Gasteiger charge is -2.20. The van der Waals surface area contributed by atoms with Gasteiger partial charge in [-0.3, -0.25) is 0 Å². The molecule has 0 radical (unpaired) electrons. The first-order valence-corrected chi connectivity index (χ1v) is 5.49. The normalized spacial score (nSPS) is 26.2. The van der Waals surface area contributed by atoms with E-state index in [-0.39, 0.29) is 0 Å². The molecular formula is C10H16N4. The van der Waals surface area contributed by atoms with Crippen LogP contribution in [-0.4, -0.2) is 20.8 Å². The molecular weight excluding hydrogens is 176 g/mol. The summed E-state index contributed by atoms with van der Waals surface area (Å²) in [4.78, 5) is 0. The van der Waals surface area contributed by atoms with E-state index in [0.29, 0.717) is 6.04 Å². The van der Waals surface area contributed by atoms with E-state index in [1.165, 1.54) is 12.8 Å². The van der Waals surface area contributed by atoms with Gasteiger partial charge < -0.3 is 10.3 Å². The SMILES string of the molecule is NC1CCc2nnc(CC3CC3)n2C1. The van der Waals surface area contributed by atoms with Gasteiger partial charge in [0.2, 0.25) is 0 Å². The number of hydrogen-bond acceptors (Lipinski definition) is 3. The zero-order valence-electron chi connectivity index (χ0n) is 8.32. The molecule has 4 nitrogen and oxygen atoms in total. The van der Waals surface area contributed by atoms with Crippen molar-refractivity contribution in [3.63, 3.8) is 0 Å². The van der Waals surface area contributed by atoms with E-state index in [9.17, 15) is 0 Å². The number of hydrogen-bond donors (Lipinski definition) is 1. The predicted molar refractivity (Wildman–Crippen MR) is 52.7 cm³/mol. The second-order valence-corrected chi connectivity index (χ2v) is 4.59. The summed E-state index contributed by atoms with van der Waals surface area (Å²) in [7, 11) is 0. The minimum atomic E-state index is 0.302. The van der Waals surface area contributed by atoms with Crippen LogP contribution in [0.2, 0.25) is 0 Å². The van der Waals surface area contributed by atoms with Gasteiger partial charge in [-0.25, -0.2) is 0 Å². The molecule has 1 fully saturated rings. The van der Waals surface area contributed by atoms with Crippen molar-refractivity contribution in [2.75, 3.05) is 0 Å². The summed E-state index contributed by atoms with van der Waals surface area (Å²) in [5.74, 6) is 3.18.